The van der Waals surface area contributed by atoms with Gasteiger partial charge in [-0.15, -0.1) is 0 Å². The van der Waals surface area contributed by atoms with Crippen molar-refractivity contribution in [1.82, 2.24) is 5.32 Å². The van der Waals surface area contributed by atoms with Gasteiger partial charge in [0.2, 0.25) is 5.91 Å². The minimum Gasteiger partial charge on any atom is -0.468 e. The molecular formula is C11H19NO4. The van der Waals surface area contributed by atoms with Gasteiger partial charge in [-0.05, 0) is 19.8 Å². The van der Waals surface area contributed by atoms with Crippen molar-refractivity contribution in [2.24, 2.45) is 11.8 Å². The molecule has 0 radical (unpaired) electrons. The standard InChI is InChI=1S/C11H19NO4/c1-6-7(2)16-8(3)10(6)11(14)12-5-9(13)15-4/h6-8,10H,5H2,1-4H3,(H,12,14). The van der Waals surface area contributed by atoms with Gasteiger partial charge >= 0.3 is 5.97 Å². The first-order valence-electron chi connectivity index (χ1n) is 5.47. The summed E-state index contributed by atoms with van der Waals surface area (Å²) in [6, 6.07) is 0. The van der Waals surface area contributed by atoms with Gasteiger partial charge < -0.3 is 14.8 Å². The second kappa shape index (κ2) is 5.30. The number of rotatable bonds is 3. The van der Waals surface area contributed by atoms with Crippen molar-refractivity contribution in [1.29, 1.82) is 0 Å². The third-order valence-corrected chi connectivity index (χ3v) is 3.18. The van der Waals surface area contributed by atoms with Crippen molar-refractivity contribution >= 4 is 11.9 Å². The molecular weight excluding hydrogens is 210 g/mol. The predicted molar refractivity (Wildman–Crippen MR) is 57.7 cm³/mol. The SMILES string of the molecule is COC(=O)CNC(=O)C1C(C)OC(C)C1C. The minimum absolute atomic E-state index is 0.0730. The molecule has 0 spiro atoms. The zero-order valence-electron chi connectivity index (χ0n) is 10.1. The van der Waals surface area contributed by atoms with E-state index < -0.39 is 5.97 Å². The molecule has 92 valence electrons. The highest BCUT2D eigenvalue weighted by atomic mass is 16.5. The van der Waals surface area contributed by atoms with E-state index in [2.05, 4.69) is 10.1 Å². The van der Waals surface area contributed by atoms with Crippen molar-refractivity contribution in [3.05, 3.63) is 0 Å². The topological polar surface area (TPSA) is 64.6 Å². The van der Waals surface area contributed by atoms with E-state index >= 15 is 0 Å². The Balaban J connectivity index is 2.50. The molecule has 1 aliphatic heterocycles. The van der Waals surface area contributed by atoms with Crippen LogP contribution in [0.2, 0.25) is 0 Å². The quantitative estimate of drug-likeness (QED) is 0.708. The van der Waals surface area contributed by atoms with E-state index in [1.807, 2.05) is 20.8 Å². The van der Waals surface area contributed by atoms with Crippen molar-refractivity contribution in [3.8, 4) is 0 Å². The molecule has 0 saturated carbocycles. The Bertz CT molecular complexity index is 279. The van der Waals surface area contributed by atoms with Gasteiger partial charge in [0, 0.05) is 0 Å². The molecule has 0 aliphatic carbocycles. The highest BCUT2D eigenvalue weighted by molar-refractivity contribution is 5.84. The Morgan fingerprint density at radius 1 is 1.25 bits per heavy atom. The van der Waals surface area contributed by atoms with E-state index in [4.69, 9.17) is 4.74 Å². The molecule has 0 aromatic rings. The first-order chi connectivity index (χ1) is 7.47. The van der Waals surface area contributed by atoms with Crippen LogP contribution in [0, 0.1) is 11.8 Å². The van der Waals surface area contributed by atoms with Crippen LogP contribution in [0.25, 0.3) is 0 Å². The van der Waals surface area contributed by atoms with Gasteiger partial charge in [0.15, 0.2) is 0 Å². The van der Waals surface area contributed by atoms with Gasteiger partial charge in [-0.1, -0.05) is 6.92 Å². The van der Waals surface area contributed by atoms with E-state index in [0.29, 0.717) is 0 Å². The van der Waals surface area contributed by atoms with Crippen molar-refractivity contribution in [3.63, 3.8) is 0 Å². The zero-order valence-corrected chi connectivity index (χ0v) is 10.1. The summed E-state index contributed by atoms with van der Waals surface area (Å²) in [5.74, 6) is -0.623. The third kappa shape index (κ3) is 2.72. The number of methoxy groups -OCH3 is 1. The number of hydrogen-bond donors (Lipinski definition) is 1. The zero-order chi connectivity index (χ0) is 12.3. The van der Waals surface area contributed by atoms with Crippen LogP contribution in [0.5, 0.6) is 0 Å². The van der Waals surface area contributed by atoms with Crippen molar-refractivity contribution in [2.45, 2.75) is 33.0 Å². The number of hydrogen-bond acceptors (Lipinski definition) is 4. The largest absolute Gasteiger partial charge is 0.468 e. The van der Waals surface area contributed by atoms with Gasteiger partial charge in [-0.3, -0.25) is 9.59 Å². The molecule has 4 unspecified atom stereocenters. The van der Waals surface area contributed by atoms with E-state index in [1.165, 1.54) is 7.11 Å². The van der Waals surface area contributed by atoms with Crippen LogP contribution < -0.4 is 5.32 Å². The molecule has 5 nitrogen and oxygen atoms in total. The van der Waals surface area contributed by atoms with Gasteiger partial charge in [0.1, 0.15) is 6.54 Å². The maximum absolute atomic E-state index is 11.8. The molecule has 1 aliphatic rings. The molecule has 1 saturated heterocycles. The summed E-state index contributed by atoms with van der Waals surface area (Å²) >= 11 is 0. The van der Waals surface area contributed by atoms with E-state index in [1.54, 1.807) is 0 Å². The second-order valence-electron chi connectivity index (χ2n) is 4.23. The summed E-state index contributed by atoms with van der Waals surface area (Å²) in [7, 11) is 1.29. The lowest BCUT2D eigenvalue weighted by Gasteiger charge is -2.17. The normalized spacial score (nSPS) is 33.5. The fourth-order valence-corrected chi connectivity index (χ4v) is 2.07. The number of carbonyl (C=O) groups excluding carboxylic acids is 2. The summed E-state index contributed by atoms with van der Waals surface area (Å²) in [6.45, 7) is 5.73. The molecule has 16 heavy (non-hydrogen) atoms. The van der Waals surface area contributed by atoms with Gasteiger partial charge in [0.25, 0.3) is 0 Å². The molecule has 5 heteroatoms. The molecule has 4 atom stereocenters. The molecule has 1 amide bonds. The average Bonchev–Trinajstić information content (AvgIpc) is 2.49. The van der Waals surface area contributed by atoms with E-state index in [0.717, 1.165) is 0 Å². The summed E-state index contributed by atoms with van der Waals surface area (Å²) in [5, 5.41) is 2.56. The Kier molecular flexibility index (Phi) is 4.29. The summed E-state index contributed by atoms with van der Waals surface area (Å²) in [6.07, 6.45) is -0.0356. The van der Waals surface area contributed by atoms with Crippen LogP contribution in [0.15, 0.2) is 0 Å². The molecule has 1 fully saturated rings. The maximum Gasteiger partial charge on any atom is 0.325 e. The number of ether oxygens (including phenoxy) is 2. The summed E-state index contributed by atoms with van der Waals surface area (Å²) in [4.78, 5) is 22.7. The first-order valence-corrected chi connectivity index (χ1v) is 5.47. The van der Waals surface area contributed by atoms with Crippen LogP contribution in [0.4, 0.5) is 0 Å². The van der Waals surface area contributed by atoms with Crippen LogP contribution >= 0.6 is 0 Å². The van der Waals surface area contributed by atoms with E-state index in [-0.39, 0.29) is 36.5 Å². The van der Waals surface area contributed by atoms with Crippen LogP contribution in [-0.4, -0.2) is 37.7 Å². The average molecular weight is 229 g/mol. The molecule has 0 aromatic carbocycles. The Hall–Kier alpha value is -1.10. The fraction of sp³-hybridized carbons (Fsp3) is 0.818. The predicted octanol–water partition coefficient (Wildman–Crippen LogP) is 0.335. The lowest BCUT2D eigenvalue weighted by molar-refractivity contribution is -0.142. The number of carbonyl (C=O) groups is 2. The first kappa shape index (κ1) is 13.0. The van der Waals surface area contributed by atoms with Crippen LogP contribution in [-0.2, 0) is 19.1 Å². The monoisotopic (exact) mass is 229 g/mol. The number of esters is 1. The molecule has 0 aromatic heterocycles. The van der Waals surface area contributed by atoms with Crippen LogP contribution in [0.3, 0.4) is 0 Å². The minimum atomic E-state index is -0.444. The second-order valence-corrected chi connectivity index (χ2v) is 4.23. The summed E-state index contributed by atoms with van der Waals surface area (Å²) < 4.78 is 10.0. The Morgan fingerprint density at radius 3 is 2.31 bits per heavy atom. The van der Waals surface area contributed by atoms with E-state index in [9.17, 15) is 9.59 Å². The number of amides is 1. The molecule has 1 N–H and O–H groups in total. The molecule has 1 rings (SSSR count). The van der Waals surface area contributed by atoms with Gasteiger partial charge in [0.05, 0.1) is 25.2 Å². The smallest absolute Gasteiger partial charge is 0.325 e. The Morgan fingerprint density at radius 2 is 1.88 bits per heavy atom. The van der Waals surface area contributed by atoms with Crippen molar-refractivity contribution in [2.75, 3.05) is 13.7 Å². The van der Waals surface area contributed by atoms with Crippen LogP contribution in [0.1, 0.15) is 20.8 Å². The lowest BCUT2D eigenvalue weighted by atomic mass is 9.89. The lowest BCUT2D eigenvalue weighted by Crippen LogP contribution is -2.39. The van der Waals surface area contributed by atoms with Gasteiger partial charge in [-0.2, -0.15) is 0 Å². The number of nitrogens with one attached hydrogen (secondary N) is 1. The highest BCUT2D eigenvalue weighted by Crippen LogP contribution is 2.31. The third-order valence-electron chi connectivity index (χ3n) is 3.18. The van der Waals surface area contributed by atoms with Gasteiger partial charge in [-0.25, -0.2) is 0 Å². The van der Waals surface area contributed by atoms with Crippen molar-refractivity contribution < 1.29 is 19.1 Å². The summed E-state index contributed by atoms with van der Waals surface area (Å²) in [5.41, 5.74) is 0. The highest BCUT2D eigenvalue weighted by Gasteiger charge is 2.41. The molecule has 1 heterocycles. The Labute approximate surface area is 95.5 Å². The fourth-order valence-electron chi connectivity index (χ4n) is 2.07. The maximum atomic E-state index is 11.8. The molecule has 0 bridgehead atoms.